The third kappa shape index (κ3) is 4.68. The Balaban J connectivity index is 2.90. The lowest BCUT2D eigenvalue weighted by Gasteiger charge is -2.13. The van der Waals surface area contributed by atoms with E-state index < -0.39 is 0 Å². The zero-order valence-electron chi connectivity index (χ0n) is 12.8. The SMILES string of the molecule is COCCNC(=O)/C=C/c1ccc(OC)c(OC)c1OC. The largest absolute Gasteiger partial charge is 0.493 e. The molecule has 0 unspecified atom stereocenters. The molecule has 1 aromatic carbocycles. The third-order valence-corrected chi connectivity index (χ3v) is 2.75. The summed E-state index contributed by atoms with van der Waals surface area (Å²) in [5.41, 5.74) is 0.719. The Hall–Kier alpha value is -2.21. The first-order valence-corrected chi connectivity index (χ1v) is 6.41. The molecule has 0 saturated carbocycles. The predicted octanol–water partition coefficient (Wildman–Crippen LogP) is 1.49. The van der Waals surface area contributed by atoms with Gasteiger partial charge in [0, 0.05) is 25.3 Å². The van der Waals surface area contributed by atoms with Crippen LogP contribution in [-0.4, -0.2) is 47.5 Å². The Labute approximate surface area is 124 Å². The summed E-state index contributed by atoms with van der Waals surface area (Å²) in [6.45, 7) is 0.933. The van der Waals surface area contributed by atoms with E-state index in [1.54, 1.807) is 32.4 Å². The van der Waals surface area contributed by atoms with Gasteiger partial charge in [-0.1, -0.05) is 0 Å². The van der Waals surface area contributed by atoms with Crippen molar-refractivity contribution >= 4 is 12.0 Å². The molecule has 0 aliphatic rings. The van der Waals surface area contributed by atoms with E-state index in [2.05, 4.69) is 5.32 Å². The van der Waals surface area contributed by atoms with Crippen molar-refractivity contribution < 1.29 is 23.7 Å². The van der Waals surface area contributed by atoms with Gasteiger partial charge in [-0.25, -0.2) is 0 Å². The summed E-state index contributed by atoms with van der Waals surface area (Å²) >= 11 is 0. The second kappa shape index (κ2) is 8.86. The van der Waals surface area contributed by atoms with Gasteiger partial charge in [-0.15, -0.1) is 0 Å². The Bertz CT molecular complexity index is 499. The molecular weight excluding hydrogens is 274 g/mol. The maximum atomic E-state index is 11.6. The number of hydrogen-bond donors (Lipinski definition) is 1. The molecule has 0 bridgehead atoms. The lowest BCUT2D eigenvalue weighted by Crippen LogP contribution is -2.24. The van der Waals surface area contributed by atoms with Gasteiger partial charge in [-0.05, 0) is 18.2 Å². The monoisotopic (exact) mass is 295 g/mol. The minimum Gasteiger partial charge on any atom is -0.493 e. The van der Waals surface area contributed by atoms with Crippen molar-refractivity contribution in [2.24, 2.45) is 0 Å². The first kappa shape index (κ1) is 16.8. The quantitative estimate of drug-likeness (QED) is 0.581. The molecule has 0 aliphatic heterocycles. The Morgan fingerprint density at radius 2 is 1.81 bits per heavy atom. The molecule has 1 amide bonds. The molecule has 0 spiro atoms. The van der Waals surface area contributed by atoms with E-state index in [1.807, 2.05) is 0 Å². The summed E-state index contributed by atoms with van der Waals surface area (Å²) in [5, 5.41) is 2.69. The molecule has 1 aromatic rings. The van der Waals surface area contributed by atoms with E-state index in [9.17, 15) is 4.79 Å². The van der Waals surface area contributed by atoms with Crippen molar-refractivity contribution in [1.29, 1.82) is 0 Å². The van der Waals surface area contributed by atoms with E-state index in [1.165, 1.54) is 20.3 Å². The Morgan fingerprint density at radius 1 is 1.10 bits per heavy atom. The molecular formula is C15H21NO5. The van der Waals surface area contributed by atoms with Gasteiger partial charge in [0.25, 0.3) is 0 Å². The molecule has 0 aromatic heterocycles. The summed E-state index contributed by atoms with van der Waals surface area (Å²) < 4.78 is 20.7. The van der Waals surface area contributed by atoms with Gasteiger partial charge in [0.1, 0.15) is 0 Å². The number of amides is 1. The average molecular weight is 295 g/mol. The molecule has 21 heavy (non-hydrogen) atoms. The summed E-state index contributed by atoms with van der Waals surface area (Å²) in [4.78, 5) is 11.6. The number of benzene rings is 1. The number of hydrogen-bond acceptors (Lipinski definition) is 5. The van der Waals surface area contributed by atoms with Gasteiger partial charge >= 0.3 is 0 Å². The first-order chi connectivity index (χ1) is 10.2. The Morgan fingerprint density at radius 3 is 2.38 bits per heavy atom. The standard InChI is InChI=1S/C15H21NO5/c1-18-10-9-16-13(17)8-6-11-5-7-12(19-2)15(21-4)14(11)20-3/h5-8H,9-10H2,1-4H3,(H,16,17)/b8-6+. The van der Waals surface area contributed by atoms with E-state index in [0.29, 0.717) is 30.4 Å². The minimum absolute atomic E-state index is 0.205. The first-order valence-electron chi connectivity index (χ1n) is 6.41. The summed E-state index contributed by atoms with van der Waals surface area (Å²) in [6, 6.07) is 3.54. The van der Waals surface area contributed by atoms with Gasteiger partial charge in [-0.3, -0.25) is 4.79 Å². The highest BCUT2D eigenvalue weighted by Crippen LogP contribution is 2.40. The number of methoxy groups -OCH3 is 4. The molecule has 1 N–H and O–H groups in total. The highest BCUT2D eigenvalue weighted by Gasteiger charge is 2.14. The number of ether oxygens (including phenoxy) is 4. The third-order valence-electron chi connectivity index (χ3n) is 2.75. The second-order valence-corrected chi connectivity index (χ2v) is 4.04. The molecule has 0 heterocycles. The highest BCUT2D eigenvalue weighted by molar-refractivity contribution is 5.92. The fourth-order valence-corrected chi connectivity index (χ4v) is 1.76. The van der Waals surface area contributed by atoms with Crippen molar-refractivity contribution in [3.63, 3.8) is 0 Å². The van der Waals surface area contributed by atoms with Crippen LogP contribution in [0.5, 0.6) is 17.2 Å². The fraction of sp³-hybridized carbons (Fsp3) is 0.400. The molecule has 0 radical (unpaired) electrons. The van der Waals surface area contributed by atoms with Crippen LogP contribution >= 0.6 is 0 Å². The summed E-state index contributed by atoms with van der Waals surface area (Å²) in [5.74, 6) is 1.36. The smallest absolute Gasteiger partial charge is 0.244 e. The van der Waals surface area contributed by atoms with Crippen LogP contribution in [0.15, 0.2) is 18.2 Å². The second-order valence-electron chi connectivity index (χ2n) is 4.04. The molecule has 6 nitrogen and oxygen atoms in total. The van der Waals surface area contributed by atoms with E-state index >= 15 is 0 Å². The van der Waals surface area contributed by atoms with Gasteiger partial charge in [-0.2, -0.15) is 0 Å². The van der Waals surface area contributed by atoms with Crippen molar-refractivity contribution in [2.75, 3.05) is 41.6 Å². The van der Waals surface area contributed by atoms with Crippen LogP contribution in [0.4, 0.5) is 0 Å². The van der Waals surface area contributed by atoms with Crippen molar-refractivity contribution in [2.45, 2.75) is 0 Å². The Kier molecular flexibility index (Phi) is 7.11. The van der Waals surface area contributed by atoms with E-state index in [4.69, 9.17) is 18.9 Å². The lowest BCUT2D eigenvalue weighted by molar-refractivity contribution is -0.116. The van der Waals surface area contributed by atoms with Crippen LogP contribution in [0.25, 0.3) is 6.08 Å². The number of nitrogens with one attached hydrogen (secondary N) is 1. The molecule has 1 rings (SSSR count). The minimum atomic E-state index is -0.205. The molecule has 0 saturated heterocycles. The maximum Gasteiger partial charge on any atom is 0.244 e. The van der Waals surface area contributed by atoms with Gasteiger partial charge < -0.3 is 24.3 Å². The topological polar surface area (TPSA) is 66.0 Å². The zero-order valence-corrected chi connectivity index (χ0v) is 12.8. The highest BCUT2D eigenvalue weighted by atomic mass is 16.5. The predicted molar refractivity (Wildman–Crippen MR) is 80.0 cm³/mol. The van der Waals surface area contributed by atoms with Crippen LogP contribution in [0, 0.1) is 0 Å². The lowest BCUT2D eigenvalue weighted by atomic mass is 10.1. The zero-order chi connectivity index (χ0) is 15.7. The number of carbonyl (C=O) groups is 1. The average Bonchev–Trinajstić information content (AvgIpc) is 2.51. The normalized spacial score (nSPS) is 10.5. The summed E-state index contributed by atoms with van der Waals surface area (Å²) in [6.07, 6.45) is 3.09. The van der Waals surface area contributed by atoms with Gasteiger partial charge in [0.15, 0.2) is 11.5 Å². The number of rotatable bonds is 8. The molecule has 0 aliphatic carbocycles. The van der Waals surface area contributed by atoms with E-state index in [0.717, 1.165) is 5.56 Å². The van der Waals surface area contributed by atoms with Crippen LogP contribution in [-0.2, 0) is 9.53 Å². The van der Waals surface area contributed by atoms with Gasteiger partial charge in [0.2, 0.25) is 11.7 Å². The van der Waals surface area contributed by atoms with Gasteiger partial charge in [0.05, 0.1) is 27.9 Å². The van der Waals surface area contributed by atoms with Crippen LogP contribution in [0.1, 0.15) is 5.56 Å². The van der Waals surface area contributed by atoms with Crippen molar-refractivity contribution in [1.82, 2.24) is 5.32 Å². The van der Waals surface area contributed by atoms with Crippen molar-refractivity contribution in [3.8, 4) is 17.2 Å². The van der Waals surface area contributed by atoms with Crippen LogP contribution in [0.2, 0.25) is 0 Å². The molecule has 116 valence electrons. The van der Waals surface area contributed by atoms with Crippen LogP contribution < -0.4 is 19.5 Å². The van der Waals surface area contributed by atoms with Crippen molar-refractivity contribution in [3.05, 3.63) is 23.8 Å². The molecule has 0 fully saturated rings. The molecule has 0 atom stereocenters. The maximum absolute atomic E-state index is 11.6. The fourth-order valence-electron chi connectivity index (χ4n) is 1.76. The number of carbonyl (C=O) groups excluding carboxylic acids is 1. The molecule has 6 heteroatoms. The van der Waals surface area contributed by atoms with Crippen LogP contribution in [0.3, 0.4) is 0 Å². The van der Waals surface area contributed by atoms with E-state index in [-0.39, 0.29) is 5.91 Å². The summed E-state index contributed by atoms with van der Waals surface area (Å²) in [7, 11) is 6.20.